The second kappa shape index (κ2) is 7.60. The van der Waals surface area contributed by atoms with E-state index >= 15 is 0 Å². The summed E-state index contributed by atoms with van der Waals surface area (Å²) in [6, 6.07) is 3.73. The molecule has 0 aliphatic rings. The molecular formula is C14H22N2O6S2. The lowest BCUT2D eigenvalue weighted by Gasteiger charge is -2.21. The van der Waals surface area contributed by atoms with E-state index in [-0.39, 0.29) is 0 Å². The average Bonchev–Trinajstić information content (AvgIpc) is 2.51. The van der Waals surface area contributed by atoms with E-state index in [0.29, 0.717) is 6.42 Å². The molecule has 0 saturated heterocycles. The van der Waals surface area contributed by atoms with Crippen LogP contribution >= 0.6 is 0 Å². The minimum absolute atomic E-state index is 0.407. The lowest BCUT2D eigenvalue weighted by atomic mass is 10.0. The van der Waals surface area contributed by atoms with E-state index in [2.05, 4.69) is 4.72 Å². The Hall–Kier alpha value is -1.49. The minimum Gasteiger partial charge on any atom is -0.480 e. The Bertz CT molecular complexity index is 802. The van der Waals surface area contributed by atoms with Gasteiger partial charge in [-0.2, -0.15) is 4.72 Å². The molecule has 8 nitrogen and oxygen atoms in total. The summed E-state index contributed by atoms with van der Waals surface area (Å²) in [5.41, 5.74) is 0. The number of carboxylic acid groups (broad SMARTS) is 1. The highest BCUT2D eigenvalue weighted by Crippen LogP contribution is 2.23. The molecule has 24 heavy (non-hydrogen) atoms. The van der Waals surface area contributed by atoms with Gasteiger partial charge in [0.2, 0.25) is 20.0 Å². The topological polar surface area (TPSA) is 121 Å². The molecule has 0 aliphatic heterocycles. The zero-order chi connectivity index (χ0) is 18.7. The molecule has 1 rings (SSSR count). The highest BCUT2D eigenvalue weighted by atomic mass is 32.2. The lowest BCUT2D eigenvalue weighted by molar-refractivity contribution is -0.140. The Morgan fingerprint density at radius 3 is 2.08 bits per heavy atom. The van der Waals surface area contributed by atoms with Crippen molar-refractivity contribution in [2.75, 3.05) is 14.1 Å². The monoisotopic (exact) mass is 378 g/mol. The molecule has 2 atom stereocenters. The number of hydrogen-bond acceptors (Lipinski definition) is 5. The van der Waals surface area contributed by atoms with E-state index in [1.807, 2.05) is 0 Å². The number of carbonyl (C=O) groups is 1. The van der Waals surface area contributed by atoms with Crippen LogP contribution in [-0.4, -0.2) is 52.4 Å². The molecule has 2 N–H and O–H groups in total. The number of nitrogens with zero attached hydrogens (tertiary/aromatic N) is 1. The van der Waals surface area contributed by atoms with Gasteiger partial charge < -0.3 is 5.11 Å². The number of hydrogen-bond donors (Lipinski definition) is 2. The molecule has 0 heterocycles. The van der Waals surface area contributed by atoms with Crippen molar-refractivity contribution in [3.8, 4) is 0 Å². The first-order chi connectivity index (χ1) is 10.9. The van der Waals surface area contributed by atoms with E-state index < -0.39 is 47.8 Å². The molecule has 136 valence electrons. The first-order valence-corrected chi connectivity index (χ1v) is 10.1. The molecule has 0 saturated carbocycles. The third kappa shape index (κ3) is 4.32. The van der Waals surface area contributed by atoms with Gasteiger partial charge in [0.25, 0.3) is 0 Å². The molecule has 0 bridgehead atoms. The van der Waals surface area contributed by atoms with E-state index in [0.717, 1.165) is 10.4 Å². The van der Waals surface area contributed by atoms with Crippen molar-refractivity contribution in [2.45, 2.75) is 36.1 Å². The fourth-order valence-corrected chi connectivity index (χ4v) is 4.95. The second-order valence-electron chi connectivity index (χ2n) is 5.56. The van der Waals surface area contributed by atoms with Crippen LogP contribution in [0.2, 0.25) is 0 Å². The van der Waals surface area contributed by atoms with Crippen LogP contribution < -0.4 is 4.72 Å². The largest absolute Gasteiger partial charge is 0.480 e. The summed E-state index contributed by atoms with van der Waals surface area (Å²) in [4.78, 5) is 10.5. The Kier molecular flexibility index (Phi) is 6.51. The van der Waals surface area contributed by atoms with Crippen molar-refractivity contribution in [1.82, 2.24) is 9.03 Å². The van der Waals surface area contributed by atoms with Crippen LogP contribution in [0.4, 0.5) is 0 Å². The number of aliphatic carboxylic acids is 1. The van der Waals surface area contributed by atoms with Crippen LogP contribution in [0.3, 0.4) is 0 Å². The predicted octanol–water partition coefficient (Wildman–Crippen LogP) is 0.714. The van der Waals surface area contributed by atoms with Crippen molar-refractivity contribution >= 4 is 26.0 Å². The van der Waals surface area contributed by atoms with Gasteiger partial charge in [-0.15, -0.1) is 0 Å². The molecule has 0 fully saturated rings. The van der Waals surface area contributed by atoms with Gasteiger partial charge in [0, 0.05) is 14.1 Å². The summed E-state index contributed by atoms with van der Waals surface area (Å²) >= 11 is 0. The van der Waals surface area contributed by atoms with Gasteiger partial charge in [-0.25, -0.2) is 21.1 Å². The number of benzene rings is 1. The third-order valence-electron chi connectivity index (χ3n) is 3.66. The Labute approximate surface area is 142 Å². The molecule has 0 spiro atoms. The van der Waals surface area contributed by atoms with Crippen LogP contribution in [0, 0.1) is 5.92 Å². The van der Waals surface area contributed by atoms with Crippen molar-refractivity contribution in [3.05, 3.63) is 24.3 Å². The second-order valence-corrected chi connectivity index (χ2v) is 9.36. The summed E-state index contributed by atoms with van der Waals surface area (Å²) in [5.74, 6) is -1.78. The highest BCUT2D eigenvalue weighted by Gasteiger charge is 2.33. The van der Waals surface area contributed by atoms with Crippen molar-refractivity contribution in [3.63, 3.8) is 0 Å². The summed E-state index contributed by atoms with van der Waals surface area (Å²) < 4.78 is 52.8. The molecule has 1 aromatic carbocycles. The van der Waals surface area contributed by atoms with Gasteiger partial charge in [-0.1, -0.05) is 32.4 Å². The van der Waals surface area contributed by atoms with E-state index in [1.165, 1.54) is 32.3 Å². The van der Waals surface area contributed by atoms with Gasteiger partial charge in [-0.05, 0) is 18.1 Å². The van der Waals surface area contributed by atoms with Crippen LogP contribution in [-0.2, 0) is 24.8 Å². The molecule has 1 aromatic rings. The molecular weight excluding hydrogens is 356 g/mol. The minimum atomic E-state index is -4.34. The first-order valence-electron chi connectivity index (χ1n) is 7.21. The van der Waals surface area contributed by atoms with Crippen LogP contribution in [0.1, 0.15) is 20.3 Å². The fraction of sp³-hybridized carbons (Fsp3) is 0.500. The number of rotatable bonds is 8. The molecule has 10 heteroatoms. The highest BCUT2D eigenvalue weighted by molar-refractivity contribution is 7.92. The lowest BCUT2D eigenvalue weighted by Crippen LogP contribution is -2.45. The van der Waals surface area contributed by atoms with Crippen molar-refractivity contribution < 1.29 is 26.7 Å². The average molecular weight is 378 g/mol. The summed E-state index contributed by atoms with van der Waals surface area (Å²) in [7, 11) is -5.78. The van der Waals surface area contributed by atoms with Crippen LogP contribution in [0.15, 0.2) is 34.1 Å². The van der Waals surface area contributed by atoms with E-state index in [9.17, 15) is 26.7 Å². The number of carboxylic acids is 1. The van der Waals surface area contributed by atoms with Gasteiger partial charge in [0.1, 0.15) is 15.8 Å². The van der Waals surface area contributed by atoms with E-state index in [1.54, 1.807) is 13.8 Å². The Morgan fingerprint density at radius 2 is 1.67 bits per heavy atom. The smallest absolute Gasteiger partial charge is 0.322 e. The molecule has 0 aliphatic carbocycles. The fourth-order valence-electron chi connectivity index (χ4n) is 1.96. The van der Waals surface area contributed by atoms with E-state index in [4.69, 9.17) is 0 Å². The maximum absolute atomic E-state index is 12.6. The van der Waals surface area contributed by atoms with Crippen molar-refractivity contribution in [1.29, 1.82) is 0 Å². The zero-order valence-corrected chi connectivity index (χ0v) is 15.6. The molecule has 0 radical (unpaired) electrons. The van der Waals surface area contributed by atoms with Gasteiger partial charge in [0.05, 0.1) is 0 Å². The predicted molar refractivity (Wildman–Crippen MR) is 88.5 cm³/mol. The molecule has 0 aromatic heterocycles. The normalized spacial score (nSPS) is 15.2. The SMILES string of the molecule is CC[C@H](C)[C@H](NS(=O)(=O)c1ccccc1S(=O)(=O)N(C)C)C(=O)O. The maximum Gasteiger partial charge on any atom is 0.322 e. The van der Waals surface area contributed by atoms with Crippen molar-refractivity contribution in [2.24, 2.45) is 5.92 Å². The van der Waals surface area contributed by atoms with Gasteiger partial charge in [0.15, 0.2) is 0 Å². The summed E-state index contributed by atoms with van der Waals surface area (Å²) in [5, 5.41) is 9.25. The molecule has 0 unspecified atom stereocenters. The zero-order valence-electron chi connectivity index (χ0n) is 13.9. The number of nitrogens with one attached hydrogen (secondary N) is 1. The quantitative estimate of drug-likeness (QED) is 0.687. The summed E-state index contributed by atoms with van der Waals surface area (Å²) in [6.07, 6.45) is 0.442. The third-order valence-corrected chi connectivity index (χ3v) is 7.16. The van der Waals surface area contributed by atoms with Crippen LogP contribution in [0.5, 0.6) is 0 Å². The standard InChI is InChI=1S/C14H22N2O6S2/c1-5-10(2)13(14(17)18)15-23(19,20)11-8-6-7-9-12(11)24(21,22)16(3)4/h6-10,13,15H,5H2,1-4H3,(H,17,18)/t10-,13-/m0/s1. The Balaban J connectivity index is 3.43. The summed E-state index contributed by atoms with van der Waals surface area (Å²) in [6.45, 7) is 3.34. The van der Waals surface area contributed by atoms with Gasteiger partial charge in [-0.3, -0.25) is 4.79 Å². The maximum atomic E-state index is 12.6. The molecule has 0 amide bonds. The first kappa shape index (κ1) is 20.6. The number of sulfonamides is 2. The van der Waals surface area contributed by atoms with Gasteiger partial charge >= 0.3 is 5.97 Å². The van der Waals surface area contributed by atoms with Crippen LogP contribution in [0.25, 0.3) is 0 Å². The Morgan fingerprint density at radius 1 is 1.17 bits per heavy atom.